The third-order valence-corrected chi connectivity index (χ3v) is 3.85. The maximum absolute atomic E-state index is 11.0. The molecule has 0 spiro atoms. The van der Waals surface area contributed by atoms with Gasteiger partial charge in [0.2, 0.25) is 0 Å². The quantitative estimate of drug-likeness (QED) is 0.940. The van der Waals surface area contributed by atoms with Crippen LogP contribution in [0.4, 0.5) is 5.69 Å². The minimum absolute atomic E-state index is 0.103. The predicted octanol–water partition coefficient (Wildman–Crippen LogP) is 2.98. The van der Waals surface area contributed by atoms with Gasteiger partial charge in [0.25, 0.3) is 0 Å². The van der Waals surface area contributed by atoms with Gasteiger partial charge in [0.1, 0.15) is 5.69 Å². The second-order valence-corrected chi connectivity index (χ2v) is 5.67. The van der Waals surface area contributed by atoms with E-state index < -0.39 is 5.97 Å². The normalized spacial score (nSPS) is 17.4. The highest BCUT2D eigenvalue weighted by Crippen LogP contribution is 2.30. The highest BCUT2D eigenvalue weighted by atomic mass is 16.4. The van der Waals surface area contributed by atoms with Crippen molar-refractivity contribution in [3.05, 3.63) is 59.4 Å². The fourth-order valence-electron chi connectivity index (χ4n) is 2.97. The summed E-state index contributed by atoms with van der Waals surface area (Å²) in [5.41, 5.74) is 3.70. The summed E-state index contributed by atoms with van der Waals surface area (Å²) in [6.45, 7) is 3.95. The van der Waals surface area contributed by atoms with Crippen LogP contribution in [-0.2, 0) is 13.0 Å². The summed E-state index contributed by atoms with van der Waals surface area (Å²) >= 11 is 0. The molecule has 0 saturated heterocycles. The number of fused-ring (bicyclic) bond motifs is 1. The molecule has 108 valence electrons. The maximum Gasteiger partial charge on any atom is 0.354 e. The maximum atomic E-state index is 11.0. The fourth-order valence-corrected chi connectivity index (χ4v) is 2.97. The monoisotopic (exact) mass is 282 g/mol. The van der Waals surface area contributed by atoms with Crippen molar-refractivity contribution in [1.82, 2.24) is 4.98 Å². The number of aromatic nitrogens is 1. The molecule has 1 aliphatic rings. The topological polar surface area (TPSA) is 53.4 Å². The molecule has 1 aromatic carbocycles. The van der Waals surface area contributed by atoms with Crippen molar-refractivity contribution in [3.63, 3.8) is 0 Å². The van der Waals surface area contributed by atoms with Gasteiger partial charge in [-0.15, -0.1) is 0 Å². The SMILES string of the molecule is CC1Cc2ccccc2N(Cc2ccnc(C(=O)O)c2)C1. The molecule has 1 unspecified atom stereocenters. The summed E-state index contributed by atoms with van der Waals surface area (Å²) < 4.78 is 0. The first-order valence-electron chi connectivity index (χ1n) is 7.14. The average molecular weight is 282 g/mol. The molecule has 3 rings (SSSR count). The van der Waals surface area contributed by atoms with E-state index in [1.807, 2.05) is 6.07 Å². The number of hydrogen-bond donors (Lipinski definition) is 1. The van der Waals surface area contributed by atoms with Crippen LogP contribution in [0.25, 0.3) is 0 Å². The zero-order valence-electron chi connectivity index (χ0n) is 12.0. The third-order valence-electron chi connectivity index (χ3n) is 3.85. The van der Waals surface area contributed by atoms with Gasteiger partial charge in [-0.25, -0.2) is 9.78 Å². The first-order chi connectivity index (χ1) is 10.1. The Labute approximate surface area is 124 Å². The number of rotatable bonds is 3. The van der Waals surface area contributed by atoms with Crippen LogP contribution in [0.5, 0.6) is 0 Å². The summed E-state index contributed by atoms with van der Waals surface area (Å²) in [5.74, 6) is -0.384. The molecule has 0 radical (unpaired) electrons. The smallest absolute Gasteiger partial charge is 0.354 e. The minimum Gasteiger partial charge on any atom is -0.477 e. The Morgan fingerprint density at radius 2 is 2.19 bits per heavy atom. The first-order valence-corrected chi connectivity index (χ1v) is 7.14. The van der Waals surface area contributed by atoms with Gasteiger partial charge in [-0.3, -0.25) is 0 Å². The lowest BCUT2D eigenvalue weighted by Gasteiger charge is -2.35. The number of nitrogens with zero attached hydrogens (tertiary/aromatic N) is 2. The van der Waals surface area contributed by atoms with Crippen molar-refractivity contribution < 1.29 is 9.90 Å². The number of pyridine rings is 1. The molecule has 0 amide bonds. The molecule has 0 fully saturated rings. The fraction of sp³-hybridized carbons (Fsp3) is 0.294. The van der Waals surface area contributed by atoms with Crippen LogP contribution in [-0.4, -0.2) is 22.6 Å². The Balaban J connectivity index is 1.88. The Bertz CT molecular complexity index is 669. The second kappa shape index (κ2) is 5.56. The van der Waals surface area contributed by atoms with E-state index >= 15 is 0 Å². The van der Waals surface area contributed by atoms with Gasteiger partial charge in [-0.2, -0.15) is 0 Å². The zero-order valence-corrected chi connectivity index (χ0v) is 12.0. The summed E-state index contributed by atoms with van der Waals surface area (Å²) in [5, 5.41) is 9.04. The van der Waals surface area contributed by atoms with Gasteiger partial charge >= 0.3 is 5.97 Å². The standard InChI is InChI=1S/C17H18N2O2/c1-12-8-14-4-2-3-5-16(14)19(10-12)11-13-6-7-18-15(9-13)17(20)21/h2-7,9,12H,8,10-11H2,1H3,(H,20,21). The average Bonchev–Trinajstić information content (AvgIpc) is 2.47. The second-order valence-electron chi connectivity index (χ2n) is 5.67. The molecular formula is C17H18N2O2. The molecule has 1 N–H and O–H groups in total. The van der Waals surface area contributed by atoms with Crippen molar-refractivity contribution in [2.45, 2.75) is 19.9 Å². The van der Waals surface area contributed by atoms with Crippen molar-refractivity contribution >= 4 is 11.7 Å². The molecule has 1 atom stereocenters. The summed E-state index contributed by atoms with van der Waals surface area (Å²) in [4.78, 5) is 17.2. The molecule has 0 aliphatic carbocycles. The number of benzene rings is 1. The van der Waals surface area contributed by atoms with Gasteiger partial charge < -0.3 is 10.0 Å². The van der Waals surface area contributed by atoms with Gasteiger partial charge in [0.15, 0.2) is 0 Å². The Kier molecular flexibility index (Phi) is 3.60. The van der Waals surface area contributed by atoms with Crippen LogP contribution >= 0.6 is 0 Å². The Morgan fingerprint density at radius 1 is 1.38 bits per heavy atom. The van der Waals surface area contributed by atoms with Gasteiger partial charge in [0.05, 0.1) is 0 Å². The van der Waals surface area contributed by atoms with Gasteiger partial charge in [0, 0.05) is 25.0 Å². The molecule has 1 aliphatic heterocycles. The van der Waals surface area contributed by atoms with E-state index in [4.69, 9.17) is 5.11 Å². The molecular weight excluding hydrogens is 264 g/mol. The largest absolute Gasteiger partial charge is 0.477 e. The summed E-state index contributed by atoms with van der Waals surface area (Å²) in [6, 6.07) is 12.0. The molecule has 4 heteroatoms. The van der Waals surface area contributed by atoms with Crippen LogP contribution in [0.1, 0.15) is 28.5 Å². The van der Waals surface area contributed by atoms with Crippen LogP contribution in [0.15, 0.2) is 42.6 Å². The number of anilines is 1. The summed E-state index contributed by atoms with van der Waals surface area (Å²) in [6.07, 6.45) is 2.67. The van der Waals surface area contributed by atoms with Crippen LogP contribution in [0, 0.1) is 5.92 Å². The zero-order chi connectivity index (χ0) is 14.8. The van der Waals surface area contributed by atoms with E-state index in [0.29, 0.717) is 12.5 Å². The van der Waals surface area contributed by atoms with Gasteiger partial charge in [-0.1, -0.05) is 25.1 Å². The molecule has 2 heterocycles. The van der Waals surface area contributed by atoms with E-state index in [0.717, 1.165) is 18.5 Å². The number of para-hydroxylation sites is 1. The molecule has 2 aromatic rings. The van der Waals surface area contributed by atoms with E-state index in [1.54, 1.807) is 12.3 Å². The summed E-state index contributed by atoms with van der Waals surface area (Å²) in [7, 11) is 0. The van der Waals surface area contributed by atoms with Crippen molar-refractivity contribution in [2.24, 2.45) is 5.92 Å². The number of hydrogen-bond acceptors (Lipinski definition) is 3. The molecule has 0 saturated carbocycles. The van der Waals surface area contributed by atoms with Crippen molar-refractivity contribution in [3.8, 4) is 0 Å². The highest BCUT2D eigenvalue weighted by Gasteiger charge is 2.21. The van der Waals surface area contributed by atoms with Crippen LogP contribution in [0.3, 0.4) is 0 Å². The van der Waals surface area contributed by atoms with E-state index in [1.165, 1.54) is 11.3 Å². The lowest BCUT2D eigenvalue weighted by molar-refractivity contribution is 0.0690. The van der Waals surface area contributed by atoms with Crippen LogP contribution < -0.4 is 4.90 Å². The lowest BCUT2D eigenvalue weighted by Crippen LogP contribution is -2.33. The molecule has 1 aromatic heterocycles. The Hall–Kier alpha value is -2.36. The molecule has 0 bridgehead atoms. The molecule has 4 nitrogen and oxygen atoms in total. The highest BCUT2D eigenvalue weighted by molar-refractivity contribution is 5.85. The van der Waals surface area contributed by atoms with Crippen molar-refractivity contribution in [1.29, 1.82) is 0 Å². The number of carboxylic acid groups (broad SMARTS) is 1. The van der Waals surface area contributed by atoms with Crippen molar-refractivity contribution in [2.75, 3.05) is 11.4 Å². The predicted molar refractivity (Wildman–Crippen MR) is 81.6 cm³/mol. The van der Waals surface area contributed by atoms with Gasteiger partial charge in [-0.05, 0) is 41.7 Å². The minimum atomic E-state index is -0.982. The van der Waals surface area contributed by atoms with E-state index in [9.17, 15) is 4.79 Å². The lowest BCUT2D eigenvalue weighted by atomic mass is 9.93. The molecule has 21 heavy (non-hydrogen) atoms. The Morgan fingerprint density at radius 3 is 3.00 bits per heavy atom. The van der Waals surface area contributed by atoms with E-state index in [-0.39, 0.29) is 5.69 Å². The van der Waals surface area contributed by atoms with E-state index in [2.05, 4.69) is 41.1 Å². The number of carbonyl (C=O) groups is 1. The number of carboxylic acids is 1. The number of aromatic carboxylic acids is 1. The first kappa shape index (κ1) is 13.6. The third kappa shape index (κ3) is 2.89. The van der Waals surface area contributed by atoms with Crippen LogP contribution in [0.2, 0.25) is 0 Å².